The van der Waals surface area contributed by atoms with E-state index in [9.17, 15) is 4.79 Å². The highest BCUT2D eigenvalue weighted by Crippen LogP contribution is 2.28. The summed E-state index contributed by atoms with van der Waals surface area (Å²) in [4.78, 5) is 16.7. The number of rotatable bonds is 5. The van der Waals surface area contributed by atoms with E-state index < -0.39 is 0 Å². The second kappa shape index (κ2) is 6.90. The van der Waals surface area contributed by atoms with E-state index in [1.54, 1.807) is 11.0 Å². The van der Waals surface area contributed by atoms with Crippen molar-refractivity contribution in [2.24, 2.45) is 0 Å². The standard InChI is InChI=1S/C19H18N3O/c1-14-7-8-17(15(2)9-14)10-18(11-22-13-20-12-21-22)19(23)16-5-3-4-6-16/h3-10,12-13H,11H2,1-2H3/b18-10+. The van der Waals surface area contributed by atoms with Crippen LogP contribution < -0.4 is 0 Å². The van der Waals surface area contributed by atoms with Crippen LogP contribution in [0.1, 0.15) is 16.7 Å². The molecule has 0 spiro atoms. The Morgan fingerprint density at radius 2 is 2.00 bits per heavy atom. The van der Waals surface area contributed by atoms with Gasteiger partial charge in [0.25, 0.3) is 0 Å². The zero-order chi connectivity index (χ0) is 16.2. The molecule has 2 aromatic rings. The number of Topliss-reactive ketones (excluding diaryl/α,β-unsaturated/α-hetero) is 1. The SMILES string of the molecule is Cc1ccc(/C=C(\Cn2cncn2)C(=O)[C]2[CH][CH][CH][CH]2)c(C)c1. The molecular weight excluding hydrogens is 286 g/mol. The van der Waals surface area contributed by atoms with E-state index in [0.717, 1.165) is 11.1 Å². The normalized spacial score (nSPS) is 16.0. The van der Waals surface area contributed by atoms with E-state index >= 15 is 0 Å². The number of carbonyl (C=O) groups is 1. The summed E-state index contributed by atoms with van der Waals surface area (Å²) >= 11 is 0. The van der Waals surface area contributed by atoms with Crippen LogP contribution in [-0.4, -0.2) is 20.5 Å². The maximum atomic E-state index is 12.8. The van der Waals surface area contributed by atoms with Gasteiger partial charge in [-0.15, -0.1) is 0 Å². The summed E-state index contributed by atoms with van der Waals surface area (Å²) < 4.78 is 1.66. The van der Waals surface area contributed by atoms with Crippen LogP contribution in [0.3, 0.4) is 0 Å². The van der Waals surface area contributed by atoms with Gasteiger partial charge in [-0.25, -0.2) is 9.67 Å². The number of allylic oxidation sites excluding steroid dienone is 1. The van der Waals surface area contributed by atoms with Gasteiger partial charge in [-0.05, 0) is 56.7 Å². The van der Waals surface area contributed by atoms with E-state index in [2.05, 4.69) is 36.1 Å². The van der Waals surface area contributed by atoms with Crippen molar-refractivity contribution >= 4 is 11.9 Å². The Morgan fingerprint density at radius 3 is 2.65 bits per heavy atom. The molecule has 0 atom stereocenters. The van der Waals surface area contributed by atoms with E-state index in [-0.39, 0.29) is 5.78 Å². The smallest absolute Gasteiger partial charge is 0.168 e. The highest BCUT2D eigenvalue weighted by atomic mass is 16.1. The van der Waals surface area contributed by atoms with E-state index in [0.29, 0.717) is 18.0 Å². The van der Waals surface area contributed by atoms with Crippen molar-refractivity contribution in [1.29, 1.82) is 0 Å². The van der Waals surface area contributed by atoms with E-state index in [1.807, 2.05) is 37.8 Å². The van der Waals surface area contributed by atoms with Gasteiger partial charge in [0.1, 0.15) is 12.7 Å². The summed E-state index contributed by atoms with van der Waals surface area (Å²) in [5, 5.41) is 4.11. The van der Waals surface area contributed by atoms with Gasteiger partial charge in [-0.3, -0.25) is 4.79 Å². The maximum Gasteiger partial charge on any atom is 0.168 e. The molecule has 1 fully saturated rings. The minimum absolute atomic E-state index is 0.0190. The fourth-order valence-electron chi connectivity index (χ4n) is 2.56. The number of aryl methyl sites for hydroxylation is 2. The highest BCUT2D eigenvalue weighted by Gasteiger charge is 2.27. The van der Waals surface area contributed by atoms with Crippen LogP contribution in [0, 0.1) is 45.4 Å². The fourth-order valence-corrected chi connectivity index (χ4v) is 2.56. The first kappa shape index (κ1) is 15.7. The van der Waals surface area contributed by atoms with E-state index in [4.69, 9.17) is 0 Å². The lowest BCUT2D eigenvalue weighted by atomic mass is 9.93. The van der Waals surface area contributed by atoms with Crippen LogP contribution in [0.4, 0.5) is 0 Å². The molecule has 1 heterocycles. The molecule has 3 rings (SSSR count). The zero-order valence-corrected chi connectivity index (χ0v) is 13.2. The third-order valence-electron chi connectivity index (χ3n) is 3.77. The van der Waals surface area contributed by atoms with Gasteiger partial charge in [0.2, 0.25) is 0 Å². The molecule has 0 bridgehead atoms. The summed E-state index contributed by atoms with van der Waals surface area (Å²) in [5.41, 5.74) is 4.09. The van der Waals surface area contributed by atoms with Crippen molar-refractivity contribution in [2.75, 3.05) is 0 Å². The molecule has 1 saturated carbocycles. The van der Waals surface area contributed by atoms with Crippen LogP contribution >= 0.6 is 0 Å². The first-order chi connectivity index (χ1) is 11.1. The molecule has 1 aromatic carbocycles. The summed E-state index contributed by atoms with van der Waals surface area (Å²) in [5.74, 6) is 0.714. The van der Waals surface area contributed by atoms with E-state index in [1.165, 1.54) is 11.9 Å². The number of hydrogen-bond acceptors (Lipinski definition) is 3. The molecular formula is C19H18N3O. The molecule has 4 heteroatoms. The van der Waals surface area contributed by atoms with Gasteiger partial charge < -0.3 is 0 Å². The number of carbonyl (C=O) groups excluding carboxylic acids is 1. The zero-order valence-electron chi connectivity index (χ0n) is 13.2. The molecule has 4 nitrogen and oxygen atoms in total. The summed E-state index contributed by atoms with van der Waals surface area (Å²) in [6.45, 7) is 4.52. The quantitative estimate of drug-likeness (QED) is 0.798. The Labute approximate surface area is 137 Å². The van der Waals surface area contributed by atoms with Gasteiger partial charge in [0, 0.05) is 5.57 Å². The third kappa shape index (κ3) is 3.76. The van der Waals surface area contributed by atoms with Gasteiger partial charge in [0.05, 0.1) is 12.5 Å². The minimum atomic E-state index is 0.0190. The molecule has 1 aliphatic carbocycles. The molecule has 23 heavy (non-hydrogen) atoms. The Hall–Kier alpha value is -2.23. The van der Waals surface area contributed by atoms with Crippen molar-refractivity contribution in [2.45, 2.75) is 20.4 Å². The van der Waals surface area contributed by atoms with Crippen molar-refractivity contribution in [1.82, 2.24) is 14.8 Å². The topological polar surface area (TPSA) is 47.8 Å². The summed E-state index contributed by atoms with van der Waals surface area (Å²) in [6.07, 6.45) is 12.5. The molecule has 1 aromatic heterocycles. The second-order valence-electron chi connectivity index (χ2n) is 5.63. The van der Waals surface area contributed by atoms with Crippen molar-refractivity contribution in [3.63, 3.8) is 0 Å². The number of nitrogens with zero attached hydrogens (tertiary/aromatic N) is 3. The Balaban J connectivity index is 1.92. The minimum Gasteiger partial charge on any atom is -0.294 e. The average molecular weight is 304 g/mol. The number of benzene rings is 1. The lowest BCUT2D eigenvalue weighted by Gasteiger charge is -2.12. The Morgan fingerprint density at radius 1 is 1.22 bits per heavy atom. The third-order valence-corrected chi connectivity index (χ3v) is 3.77. The highest BCUT2D eigenvalue weighted by molar-refractivity contribution is 6.11. The molecule has 0 aliphatic heterocycles. The number of ketones is 1. The predicted octanol–water partition coefficient (Wildman–Crippen LogP) is 2.95. The summed E-state index contributed by atoms with van der Waals surface area (Å²) in [6, 6.07) is 6.22. The average Bonchev–Trinajstić information content (AvgIpc) is 3.21. The van der Waals surface area contributed by atoms with Crippen LogP contribution in [0.15, 0.2) is 36.4 Å². The predicted molar refractivity (Wildman–Crippen MR) is 89.4 cm³/mol. The van der Waals surface area contributed by atoms with Crippen molar-refractivity contribution in [3.05, 3.63) is 84.7 Å². The monoisotopic (exact) mass is 304 g/mol. The Bertz CT molecular complexity index is 710. The first-order valence-corrected chi connectivity index (χ1v) is 7.50. The molecule has 1 aliphatic rings. The largest absolute Gasteiger partial charge is 0.294 e. The maximum absolute atomic E-state index is 12.8. The lowest BCUT2D eigenvalue weighted by molar-refractivity contribution is -0.113. The van der Waals surface area contributed by atoms with Crippen molar-refractivity contribution < 1.29 is 4.79 Å². The van der Waals surface area contributed by atoms with Crippen LogP contribution in [-0.2, 0) is 11.3 Å². The van der Waals surface area contributed by atoms with Crippen LogP contribution in [0.25, 0.3) is 6.08 Å². The fraction of sp³-hybridized carbons (Fsp3) is 0.158. The van der Waals surface area contributed by atoms with Crippen LogP contribution in [0.5, 0.6) is 0 Å². The van der Waals surface area contributed by atoms with Gasteiger partial charge in [-0.1, -0.05) is 23.8 Å². The molecule has 0 amide bonds. The van der Waals surface area contributed by atoms with Crippen molar-refractivity contribution in [3.8, 4) is 0 Å². The number of aromatic nitrogens is 3. The number of hydrogen-bond donors (Lipinski definition) is 0. The van der Waals surface area contributed by atoms with Crippen LogP contribution in [0.2, 0.25) is 0 Å². The molecule has 0 N–H and O–H groups in total. The Kier molecular flexibility index (Phi) is 4.70. The summed E-state index contributed by atoms with van der Waals surface area (Å²) in [7, 11) is 0. The van der Waals surface area contributed by atoms with Gasteiger partial charge in [-0.2, -0.15) is 5.10 Å². The first-order valence-electron chi connectivity index (χ1n) is 7.50. The second-order valence-corrected chi connectivity index (χ2v) is 5.63. The van der Waals surface area contributed by atoms with Gasteiger partial charge in [0.15, 0.2) is 5.78 Å². The lowest BCUT2D eigenvalue weighted by Crippen LogP contribution is -2.17. The molecule has 115 valence electrons. The molecule has 5 radical (unpaired) electrons. The molecule has 0 unspecified atom stereocenters. The van der Waals surface area contributed by atoms with Gasteiger partial charge >= 0.3 is 0 Å². The molecule has 0 saturated heterocycles.